The van der Waals surface area contributed by atoms with Crippen LogP contribution in [0, 0.1) is 20.2 Å². The van der Waals surface area contributed by atoms with Crippen LogP contribution < -0.4 is 10.1 Å². The summed E-state index contributed by atoms with van der Waals surface area (Å²) in [5.74, 6) is 0.361. The molecule has 9 heteroatoms. The zero-order valence-electron chi connectivity index (χ0n) is 16.7. The summed E-state index contributed by atoms with van der Waals surface area (Å²) in [7, 11) is 1.43. The number of benzene rings is 3. The first-order chi connectivity index (χ1) is 14.9. The number of nitrogens with one attached hydrogen (secondary N) is 1. The lowest BCUT2D eigenvalue weighted by Crippen LogP contribution is -2.15. The zero-order valence-corrected chi connectivity index (χ0v) is 16.7. The van der Waals surface area contributed by atoms with Crippen molar-refractivity contribution in [1.29, 1.82) is 0 Å². The molecule has 0 bridgehead atoms. The Kier molecular flexibility index (Phi) is 6.78. The Morgan fingerprint density at radius 1 is 0.935 bits per heavy atom. The predicted molar refractivity (Wildman–Crippen MR) is 115 cm³/mol. The van der Waals surface area contributed by atoms with Crippen LogP contribution in [-0.4, -0.2) is 22.1 Å². The van der Waals surface area contributed by atoms with Gasteiger partial charge in [-0.3, -0.25) is 20.2 Å². The average Bonchev–Trinajstić information content (AvgIpc) is 2.79. The Morgan fingerprint density at radius 3 is 2.19 bits per heavy atom. The zero-order chi connectivity index (χ0) is 22.4. The van der Waals surface area contributed by atoms with Gasteiger partial charge in [0, 0.05) is 18.6 Å². The Hall–Kier alpha value is -3.98. The van der Waals surface area contributed by atoms with Crippen molar-refractivity contribution in [3.05, 3.63) is 104 Å². The monoisotopic (exact) mass is 423 g/mol. The highest BCUT2D eigenvalue weighted by molar-refractivity contribution is 5.64. The first kappa shape index (κ1) is 21.7. The van der Waals surface area contributed by atoms with E-state index in [-0.39, 0.29) is 23.5 Å². The van der Waals surface area contributed by atoms with Gasteiger partial charge in [0.2, 0.25) is 0 Å². The SMILES string of the molecule is COc1ccc(NC(CC(O)c2ccc([N+](=O)[O-])cc2)c2ccccc2)c([N+](=O)[O-])c1. The highest BCUT2D eigenvalue weighted by atomic mass is 16.6. The highest BCUT2D eigenvalue weighted by Crippen LogP contribution is 2.35. The molecule has 2 N–H and O–H groups in total. The van der Waals surface area contributed by atoms with Crippen molar-refractivity contribution < 1.29 is 19.7 Å². The lowest BCUT2D eigenvalue weighted by molar-refractivity contribution is -0.384. The average molecular weight is 423 g/mol. The molecule has 0 amide bonds. The van der Waals surface area contributed by atoms with E-state index in [4.69, 9.17) is 4.74 Å². The number of ether oxygens (including phenoxy) is 1. The third kappa shape index (κ3) is 5.34. The standard InChI is InChI=1S/C22H21N3O6/c1-31-18-11-12-19(21(13-18)25(29)30)23-20(15-5-3-2-4-6-15)14-22(26)16-7-9-17(10-8-16)24(27)28/h2-13,20,22-23,26H,14H2,1H3. The van der Waals surface area contributed by atoms with Crippen molar-refractivity contribution in [2.45, 2.75) is 18.6 Å². The van der Waals surface area contributed by atoms with Gasteiger partial charge >= 0.3 is 0 Å². The van der Waals surface area contributed by atoms with Crippen molar-refractivity contribution in [1.82, 2.24) is 0 Å². The number of hydrogen-bond acceptors (Lipinski definition) is 7. The van der Waals surface area contributed by atoms with Crippen LogP contribution in [0.1, 0.15) is 29.7 Å². The van der Waals surface area contributed by atoms with Crippen molar-refractivity contribution in [3.8, 4) is 5.75 Å². The van der Waals surface area contributed by atoms with E-state index < -0.39 is 22.0 Å². The first-order valence-corrected chi connectivity index (χ1v) is 9.45. The van der Waals surface area contributed by atoms with Crippen LogP contribution in [0.4, 0.5) is 17.1 Å². The maximum atomic E-state index is 11.5. The van der Waals surface area contributed by atoms with E-state index in [0.29, 0.717) is 11.3 Å². The molecule has 0 fully saturated rings. The normalized spacial score (nSPS) is 12.6. The molecule has 0 aliphatic carbocycles. The molecule has 2 atom stereocenters. The van der Waals surface area contributed by atoms with Crippen LogP contribution in [0.3, 0.4) is 0 Å². The fourth-order valence-electron chi connectivity index (χ4n) is 3.24. The fraction of sp³-hybridized carbons (Fsp3) is 0.182. The Balaban J connectivity index is 1.89. The van der Waals surface area contributed by atoms with E-state index in [1.54, 1.807) is 12.1 Å². The summed E-state index contributed by atoms with van der Waals surface area (Å²) in [6.07, 6.45) is -0.763. The van der Waals surface area contributed by atoms with Gasteiger partial charge in [0.1, 0.15) is 11.4 Å². The number of nitrogens with zero attached hydrogens (tertiary/aromatic N) is 2. The number of aliphatic hydroxyl groups is 1. The molecule has 9 nitrogen and oxygen atoms in total. The van der Waals surface area contributed by atoms with Crippen LogP contribution in [-0.2, 0) is 0 Å². The molecule has 0 aliphatic heterocycles. The molecule has 0 heterocycles. The second-order valence-electron chi connectivity index (χ2n) is 6.85. The second-order valence-corrected chi connectivity index (χ2v) is 6.85. The second kappa shape index (κ2) is 9.68. The predicted octanol–water partition coefficient (Wildman–Crippen LogP) is 4.79. The molecule has 31 heavy (non-hydrogen) atoms. The lowest BCUT2D eigenvalue weighted by Gasteiger charge is -2.23. The smallest absolute Gasteiger partial charge is 0.296 e. The quantitative estimate of drug-likeness (QED) is 0.374. The number of aliphatic hydroxyl groups excluding tert-OH is 1. The molecule has 0 radical (unpaired) electrons. The first-order valence-electron chi connectivity index (χ1n) is 9.45. The van der Waals surface area contributed by atoms with Gasteiger partial charge in [0.05, 0.1) is 35.2 Å². The number of methoxy groups -OCH3 is 1. The van der Waals surface area contributed by atoms with Crippen LogP contribution in [0.25, 0.3) is 0 Å². The number of nitro groups is 2. The number of non-ortho nitro benzene ring substituents is 1. The molecule has 0 aromatic heterocycles. The molecule has 160 valence electrons. The minimum atomic E-state index is -0.948. The summed E-state index contributed by atoms with van der Waals surface area (Å²) in [5, 5.41) is 36.3. The van der Waals surface area contributed by atoms with E-state index >= 15 is 0 Å². The fourth-order valence-corrected chi connectivity index (χ4v) is 3.24. The number of nitro benzene ring substituents is 2. The summed E-state index contributed by atoms with van der Waals surface area (Å²) in [6, 6.07) is 19.0. The largest absolute Gasteiger partial charge is 0.496 e. The lowest BCUT2D eigenvalue weighted by atomic mass is 9.96. The van der Waals surface area contributed by atoms with E-state index in [2.05, 4.69) is 5.32 Å². The highest BCUT2D eigenvalue weighted by Gasteiger charge is 2.23. The number of rotatable bonds is 9. The third-order valence-electron chi connectivity index (χ3n) is 4.88. The topological polar surface area (TPSA) is 128 Å². The van der Waals surface area contributed by atoms with Crippen LogP contribution >= 0.6 is 0 Å². The van der Waals surface area contributed by atoms with Gasteiger partial charge in [-0.25, -0.2) is 0 Å². The summed E-state index contributed by atoms with van der Waals surface area (Å²) >= 11 is 0. The molecular formula is C22H21N3O6. The van der Waals surface area contributed by atoms with Gasteiger partial charge in [0.25, 0.3) is 11.4 Å². The molecule has 0 saturated heterocycles. The van der Waals surface area contributed by atoms with Crippen molar-refractivity contribution in [3.63, 3.8) is 0 Å². The van der Waals surface area contributed by atoms with Gasteiger partial charge in [0.15, 0.2) is 0 Å². The van der Waals surface area contributed by atoms with E-state index in [0.717, 1.165) is 5.56 Å². The van der Waals surface area contributed by atoms with E-state index in [1.807, 2.05) is 30.3 Å². The number of hydrogen-bond donors (Lipinski definition) is 2. The molecule has 2 unspecified atom stereocenters. The number of anilines is 1. The van der Waals surface area contributed by atoms with Gasteiger partial charge in [-0.2, -0.15) is 0 Å². The molecule has 3 aromatic carbocycles. The summed E-state index contributed by atoms with van der Waals surface area (Å²) in [4.78, 5) is 21.4. The molecule has 0 aliphatic rings. The van der Waals surface area contributed by atoms with Crippen molar-refractivity contribution >= 4 is 17.1 Å². The minimum absolute atomic E-state index is 0.0671. The summed E-state index contributed by atoms with van der Waals surface area (Å²) in [6.45, 7) is 0. The van der Waals surface area contributed by atoms with Gasteiger partial charge in [-0.1, -0.05) is 30.3 Å². The third-order valence-corrected chi connectivity index (χ3v) is 4.88. The molecule has 3 aromatic rings. The van der Waals surface area contributed by atoms with Crippen molar-refractivity contribution in [2.24, 2.45) is 0 Å². The van der Waals surface area contributed by atoms with Gasteiger partial charge in [-0.15, -0.1) is 0 Å². The van der Waals surface area contributed by atoms with E-state index in [9.17, 15) is 25.3 Å². The maximum Gasteiger partial charge on any atom is 0.296 e. The Morgan fingerprint density at radius 2 is 1.61 bits per heavy atom. The van der Waals surface area contributed by atoms with Gasteiger partial charge < -0.3 is 15.2 Å². The summed E-state index contributed by atoms with van der Waals surface area (Å²) in [5.41, 5.74) is 1.41. The van der Waals surface area contributed by atoms with Crippen molar-refractivity contribution in [2.75, 3.05) is 12.4 Å². The summed E-state index contributed by atoms with van der Waals surface area (Å²) < 4.78 is 5.08. The molecule has 0 spiro atoms. The molecular weight excluding hydrogens is 402 g/mol. The minimum Gasteiger partial charge on any atom is -0.496 e. The maximum absolute atomic E-state index is 11.5. The molecule has 3 rings (SSSR count). The molecule has 0 saturated carbocycles. The van der Waals surface area contributed by atoms with Crippen LogP contribution in [0.5, 0.6) is 5.75 Å². The van der Waals surface area contributed by atoms with Gasteiger partial charge in [-0.05, 0) is 35.4 Å². The Bertz CT molecular complexity index is 1060. The van der Waals surface area contributed by atoms with Crippen LogP contribution in [0.15, 0.2) is 72.8 Å². The Labute approximate surface area is 178 Å². The van der Waals surface area contributed by atoms with E-state index in [1.165, 1.54) is 37.4 Å². The van der Waals surface area contributed by atoms with Crippen LogP contribution in [0.2, 0.25) is 0 Å².